The lowest BCUT2D eigenvalue weighted by Crippen LogP contribution is -2.51. The van der Waals surface area contributed by atoms with Gasteiger partial charge in [-0.25, -0.2) is 0 Å². The van der Waals surface area contributed by atoms with E-state index in [9.17, 15) is 9.59 Å². The molecule has 0 aliphatic carbocycles. The van der Waals surface area contributed by atoms with Gasteiger partial charge in [0.15, 0.2) is 6.29 Å². The smallest absolute Gasteiger partial charge is 0.254 e. The number of hydrogen-bond acceptors (Lipinski definition) is 4. The number of hydrogen-bond donors (Lipinski definition) is 0. The summed E-state index contributed by atoms with van der Waals surface area (Å²) >= 11 is 12.1. The molecule has 0 bridgehead atoms. The highest BCUT2D eigenvalue weighted by molar-refractivity contribution is 6.35. The zero-order valence-electron chi connectivity index (χ0n) is 15.6. The number of halogens is 2. The highest BCUT2D eigenvalue weighted by Gasteiger charge is 2.40. The molecular formula is C20H24Cl2N2O4. The van der Waals surface area contributed by atoms with Crippen LogP contribution in [-0.4, -0.2) is 66.8 Å². The molecule has 0 radical (unpaired) electrons. The maximum atomic E-state index is 13.2. The van der Waals surface area contributed by atoms with E-state index in [1.807, 2.05) is 4.90 Å². The first-order chi connectivity index (χ1) is 13.5. The molecule has 2 amide bonds. The number of benzene rings is 1. The number of ether oxygens (including phenoxy) is 2. The maximum Gasteiger partial charge on any atom is 0.254 e. The minimum absolute atomic E-state index is 0.0154. The molecule has 0 aromatic heterocycles. The van der Waals surface area contributed by atoms with Crippen LogP contribution >= 0.6 is 23.2 Å². The molecule has 0 spiro atoms. The van der Waals surface area contributed by atoms with Crippen LogP contribution in [0.5, 0.6) is 0 Å². The number of likely N-dealkylation sites (tertiary alicyclic amines) is 2. The van der Waals surface area contributed by atoms with Gasteiger partial charge in [0, 0.05) is 41.2 Å². The molecule has 1 aromatic carbocycles. The highest BCUT2D eigenvalue weighted by atomic mass is 35.5. The average Bonchev–Trinajstić information content (AvgIpc) is 3.38. The van der Waals surface area contributed by atoms with Gasteiger partial charge in [0.2, 0.25) is 5.91 Å². The number of carbonyl (C=O) groups is 2. The molecule has 0 N–H and O–H groups in total. The van der Waals surface area contributed by atoms with Gasteiger partial charge < -0.3 is 19.3 Å². The van der Waals surface area contributed by atoms with Crippen molar-refractivity contribution in [2.75, 3.05) is 32.8 Å². The fourth-order valence-electron chi connectivity index (χ4n) is 4.40. The summed E-state index contributed by atoms with van der Waals surface area (Å²) < 4.78 is 11.3. The predicted octanol–water partition coefficient (Wildman–Crippen LogP) is 3.21. The van der Waals surface area contributed by atoms with Crippen molar-refractivity contribution >= 4 is 35.0 Å². The summed E-state index contributed by atoms with van der Waals surface area (Å²) in [4.78, 5) is 29.8. The minimum atomic E-state index is -0.436. The Hall–Kier alpha value is -1.34. The molecule has 3 saturated heterocycles. The van der Waals surface area contributed by atoms with Crippen LogP contribution in [0.1, 0.15) is 36.0 Å². The largest absolute Gasteiger partial charge is 0.350 e. The van der Waals surface area contributed by atoms with E-state index in [4.69, 9.17) is 32.7 Å². The monoisotopic (exact) mass is 426 g/mol. The minimum Gasteiger partial charge on any atom is -0.350 e. The van der Waals surface area contributed by atoms with Crippen LogP contribution < -0.4 is 0 Å². The fraction of sp³-hybridized carbons (Fsp3) is 0.600. The van der Waals surface area contributed by atoms with Crippen molar-refractivity contribution in [3.8, 4) is 0 Å². The van der Waals surface area contributed by atoms with Crippen molar-refractivity contribution < 1.29 is 19.1 Å². The van der Waals surface area contributed by atoms with Crippen LogP contribution in [0.2, 0.25) is 10.0 Å². The first-order valence-corrected chi connectivity index (χ1v) is 10.6. The van der Waals surface area contributed by atoms with Crippen LogP contribution in [0, 0.1) is 5.92 Å². The molecule has 0 saturated carbocycles. The van der Waals surface area contributed by atoms with E-state index in [-0.39, 0.29) is 24.0 Å². The van der Waals surface area contributed by atoms with Gasteiger partial charge in [-0.15, -0.1) is 0 Å². The number of piperidine rings is 1. The Morgan fingerprint density at radius 3 is 2.36 bits per heavy atom. The molecule has 3 aliphatic heterocycles. The van der Waals surface area contributed by atoms with E-state index in [1.54, 1.807) is 23.1 Å². The van der Waals surface area contributed by atoms with E-state index in [0.717, 1.165) is 19.3 Å². The van der Waals surface area contributed by atoms with Crippen molar-refractivity contribution in [3.05, 3.63) is 33.8 Å². The molecule has 152 valence electrons. The quantitative estimate of drug-likeness (QED) is 0.744. The molecular weight excluding hydrogens is 403 g/mol. The molecule has 3 fully saturated rings. The molecule has 28 heavy (non-hydrogen) atoms. The van der Waals surface area contributed by atoms with E-state index in [1.165, 1.54) is 0 Å². The third kappa shape index (κ3) is 4.15. The zero-order valence-corrected chi connectivity index (χ0v) is 17.1. The third-order valence-electron chi connectivity index (χ3n) is 5.71. The molecule has 3 aliphatic rings. The van der Waals surface area contributed by atoms with Crippen molar-refractivity contribution in [2.45, 2.75) is 38.0 Å². The van der Waals surface area contributed by atoms with E-state index in [2.05, 4.69) is 0 Å². The third-order valence-corrected chi connectivity index (χ3v) is 6.15. The first kappa shape index (κ1) is 20.0. The van der Waals surface area contributed by atoms with E-state index < -0.39 is 6.04 Å². The summed E-state index contributed by atoms with van der Waals surface area (Å²) in [6.07, 6.45) is 3.18. The lowest BCUT2D eigenvalue weighted by Gasteiger charge is -2.37. The van der Waals surface area contributed by atoms with Crippen molar-refractivity contribution in [2.24, 2.45) is 5.92 Å². The number of rotatable bonds is 3. The lowest BCUT2D eigenvalue weighted by molar-refractivity contribution is -0.143. The molecule has 6 nitrogen and oxygen atoms in total. The fourth-order valence-corrected chi connectivity index (χ4v) is 4.93. The summed E-state index contributed by atoms with van der Waals surface area (Å²) in [5.41, 5.74) is 0.418. The molecule has 8 heteroatoms. The Kier molecular flexibility index (Phi) is 6.11. The zero-order chi connectivity index (χ0) is 19.7. The standard InChI is InChI=1S/C20H24Cl2N2O4/c21-15-9-14(10-16(22)11-15)18(25)24-6-2-4-17(24)19(26)23-5-1-3-13(12-23)20-27-7-8-28-20/h9-11,13,17,20H,1-8,12H2. The van der Waals surface area contributed by atoms with Gasteiger partial charge in [-0.3, -0.25) is 9.59 Å². The Balaban J connectivity index is 1.46. The van der Waals surface area contributed by atoms with E-state index in [0.29, 0.717) is 54.9 Å². The number of nitrogens with zero attached hydrogens (tertiary/aromatic N) is 2. The maximum absolute atomic E-state index is 13.2. The average molecular weight is 427 g/mol. The van der Waals surface area contributed by atoms with Crippen molar-refractivity contribution in [1.29, 1.82) is 0 Å². The SMILES string of the molecule is O=C(C1CCCN1C(=O)c1cc(Cl)cc(Cl)c1)N1CCCC(C2OCCO2)C1. The summed E-state index contributed by atoms with van der Waals surface area (Å²) in [5, 5.41) is 0.821. The van der Waals surface area contributed by atoms with Crippen LogP contribution in [-0.2, 0) is 14.3 Å². The van der Waals surface area contributed by atoms with Gasteiger partial charge in [0.05, 0.1) is 13.2 Å². The van der Waals surface area contributed by atoms with Crippen LogP contribution in [0.15, 0.2) is 18.2 Å². The van der Waals surface area contributed by atoms with Crippen LogP contribution in [0.25, 0.3) is 0 Å². The summed E-state index contributed by atoms with van der Waals surface area (Å²) in [6, 6.07) is 4.35. The van der Waals surface area contributed by atoms with Gasteiger partial charge >= 0.3 is 0 Å². The van der Waals surface area contributed by atoms with Gasteiger partial charge in [-0.2, -0.15) is 0 Å². The van der Waals surface area contributed by atoms with Gasteiger partial charge in [0.25, 0.3) is 5.91 Å². The molecule has 1 aromatic rings. The van der Waals surface area contributed by atoms with E-state index >= 15 is 0 Å². The van der Waals surface area contributed by atoms with Gasteiger partial charge in [-0.1, -0.05) is 23.2 Å². The first-order valence-electron chi connectivity index (χ1n) is 9.82. The highest BCUT2D eigenvalue weighted by Crippen LogP contribution is 2.29. The lowest BCUT2D eigenvalue weighted by atomic mass is 9.96. The second-order valence-corrected chi connectivity index (χ2v) is 8.48. The Bertz CT molecular complexity index is 733. The molecule has 3 heterocycles. The molecule has 2 atom stereocenters. The van der Waals surface area contributed by atoms with Gasteiger partial charge in [0.1, 0.15) is 6.04 Å². The summed E-state index contributed by atoms with van der Waals surface area (Å²) in [6.45, 7) is 3.12. The van der Waals surface area contributed by atoms with Crippen LogP contribution in [0.4, 0.5) is 0 Å². The topological polar surface area (TPSA) is 59.1 Å². The Labute approximate surface area is 174 Å². The Morgan fingerprint density at radius 1 is 0.964 bits per heavy atom. The summed E-state index contributed by atoms with van der Waals surface area (Å²) in [7, 11) is 0. The molecule has 4 rings (SSSR count). The van der Waals surface area contributed by atoms with Crippen molar-refractivity contribution in [3.63, 3.8) is 0 Å². The second kappa shape index (κ2) is 8.57. The predicted molar refractivity (Wildman–Crippen MR) is 106 cm³/mol. The number of carbonyl (C=O) groups excluding carboxylic acids is 2. The normalized spacial score (nSPS) is 26.1. The van der Waals surface area contributed by atoms with Gasteiger partial charge in [-0.05, 0) is 43.9 Å². The molecule has 2 unspecified atom stereocenters. The number of amides is 2. The Morgan fingerprint density at radius 2 is 1.64 bits per heavy atom. The van der Waals surface area contributed by atoms with Crippen LogP contribution in [0.3, 0.4) is 0 Å². The summed E-state index contributed by atoms with van der Waals surface area (Å²) in [5.74, 6) is 0.00966. The van der Waals surface area contributed by atoms with Crippen molar-refractivity contribution in [1.82, 2.24) is 9.80 Å². The second-order valence-electron chi connectivity index (χ2n) is 7.61.